The van der Waals surface area contributed by atoms with Gasteiger partial charge in [0.05, 0.1) is 18.8 Å². The average molecular weight is 961 g/mol. The first-order valence-corrected chi connectivity index (χ1v) is 30.3. The second-order valence-electron chi connectivity index (χ2n) is 20.4. The summed E-state index contributed by atoms with van der Waals surface area (Å²) in [6.07, 6.45) is 87.7. The summed E-state index contributed by atoms with van der Waals surface area (Å²) in [6.45, 7) is 4.20. The van der Waals surface area contributed by atoms with Gasteiger partial charge in [-0.05, 0) is 83.5 Å². The van der Waals surface area contributed by atoms with Crippen LogP contribution in [0.3, 0.4) is 0 Å². The minimum Gasteiger partial charge on any atom is -0.394 e. The van der Waals surface area contributed by atoms with Crippen molar-refractivity contribution in [2.75, 3.05) is 6.61 Å². The van der Waals surface area contributed by atoms with Crippen LogP contribution in [0.15, 0.2) is 85.1 Å². The van der Waals surface area contributed by atoms with Gasteiger partial charge in [-0.3, -0.25) is 4.79 Å². The third-order valence-corrected chi connectivity index (χ3v) is 13.6. The Morgan fingerprint density at radius 2 is 0.652 bits per heavy atom. The molecule has 0 spiro atoms. The molecule has 69 heavy (non-hydrogen) atoms. The van der Waals surface area contributed by atoms with Crippen LogP contribution >= 0.6 is 0 Å². The number of hydrogen-bond acceptors (Lipinski definition) is 3. The molecule has 0 aromatic heterocycles. The highest BCUT2D eigenvalue weighted by Crippen LogP contribution is 2.17. The molecular formula is C65H117NO3. The molecule has 0 saturated heterocycles. The van der Waals surface area contributed by atoms with Gasteiger partial charge in [-0.25, -0.2) is 0 Å². The molecule has 0 aliphatic heterocycles. The van der Waals surface area contributed by atoms with Crippen LogP contribution in [0, 0.1) is 0 Å². The maximum atomic E-state index is 12.5. The van der Waals surface area contributed by atoms with Crippen LogP contribution in [0.1, 0.15) is 303 Å². The largest absolute Gasteiger partial charge is 0.394 e. The summed E-state index contributed by atoms with van der Waals surface area (Å²) in [7, 11) is 0. The highest BCUT2D eigenvalue weighted by atomic mass is 16.3. The van der Waals surface area contributed by atoms with Crippen LogP contribution in [-0.4, -0.2) is 34.9 Å². The first-order chi connectivity index (χ1) is 34.2. The summed E-state index contributed by atoms with van der Waals surface area (Å²) in [4.78, 5) is 12.5. The maximum Gasteiger partial charge on any atom is 0.220 e. The van der Waals surface area contributed by atoms with Gasteiger partial charge in [0.2, 0.25) is 5.91 Å². The van der Waals surface area contributed by atoms with Gasteiger partial charge in [-0.2, -0.15) is 0 Å². The van der Waals surface area contributed by atoms with E-state index in [1.165, 1.54) is 218 Å². The van der Waals surface area contributed by atoms with Crippen LogP contribution in [0.4, 0.5) is 0 Å². The standard InChI is InChI=1S/C65H117NO3/c1-3-5-7-9-11-13-15-17-19-21-23-25-27-29-31-32-33-34-35-37-39-41-43-45-47-49-51-53-55-57-59-61-65(69)66-63(62-67)64(68)60-58-56-54-52-50-48-46-44-42-40-38-36-30-28-26-24-22-20-18-16-14-12-10-8-6-4-2/h5,7,11,13,17,19,23,25,42,44,50,52,58,60,63-64,67-68H,3-4,6,8-10,12,14-16,18,20-22,24,26-41,43,45-49,51,53-57,59,61-62H2,1-2H3,(H,66,69)/b7-5-,13-11-,19-17-,25-23-,44-42+,52-50+,60-58+. The third kappa shape index (κ3) is 56.4. The molecule has 0 bridgehead atoms. The Bertz CT molecular complexity index is 1230. The lowest BCUT2D eigenvalue weighted by atomic mass is 10.0. The van der Waals surface area contributed by atoms with Gasteiger partial charge in [0.1, 0.15) is 0 Å². The molecule has 0 aliphatic carbocycles. The molecule has 3 N–H and O–H groups in total. The van der Waals surface area contributed by atoms with Crippen molar-refractivity contribution >= 4 is 5.91 Å². The zero-order chi connectivity index (χ0) is 49.9. The SMILES string of the molecule is CC/C=C\C/C=C\C/C=C\C/C=C\CCCCCCCCCCCCCCCCCCCCC(=O)NC(CO)C(O)/C=C/CC/C=C/CC/C=C/CCCCCCCCCCCCCCCCCC. The van der Waals surface area contributed by atoms with Gasteiger partial charge in [0.25, 0.3) is 0 Å². The number of carbonyl (C=O) groups excluding carboxylic acids is 1. The molecule has 0 heterocycles. The Kier molecular flexibility index (Phi) is 57.8. The van der Waals surface area contributed by atoms with E-state index in [2.05, 4.69) is 92.1 Å². The van der Waals surface area contributed by atoms with Crippen molar-refractivity contribution in [3.63, 3.8) is 0 Å². The van der Waals surface area contributed by atoms with Crippen molar-refractivity contribution in [3.05, 3.63) is 85.1 Å². The van der Waals surface area contributed by atoms with Crippen molar-refractivity contribution in [1.29, 1.82) is 0 Å². The fourth-order valence-electron chi connectivity index (χ4n) is 9.03. The topological polar surface area (TPSA) is 69.6 Å². The number of carbonyl (C=O) groups is 1. The van der Waals surface area contributed by atoms with E-state index in [4.69, 9.17) is 0 Å². The van der Waals surface area contributed by atoms with Crippen molar-refractivity contribution in [1.82, 2.24) is 5.32 Å². The minimum atomic E-state index is -0.874. The second kappa shape index (κ2) is 59.9. The molecule has 0 saturated carbocycles. The monoisotopic (exact) mass is 960 g/mol. The molecule has 1 amide bonds. The predicted molar refractivity (Wildman–Crippen MR) is 308 cm³/mol. The summed E-state index contributed by atoms with van der Waals surface area (Å²) in [6, 6.07) is -0.650. The lowest BCUT2D eigenvalue weighted by Crippen LogP contribution is -2.45. The molecule has 4 nitrogen and oxygen atoms in total. The van der Waals surface area contributed by atoms with Crippen LogP contribution in [0.25, 0.3) is 0 Å². The summed E-state index contributed by atoms with van der Waals surface area (Å²) in [5.41, 5.74) is 0. The quantitative estimate of drug-likeness (QED) is 0.0420. The van der Waals surface area contributed by atoms with E-state index in [1.54, 1.807) is 6.08 Å². The molecule has 2 atom stereocenters. The Morgan fingerprint density at radius 3 is 1.01 bits per heavy atom. The number of aliphatic hydroxyl groups is 2. The summed E-state index contributed by atoms with van der Waals surface area (Å²) < 4.78 is 0. The fourth-order valence-corrected chi connectivity index (χ4v) is 9.03. The Morgan fingerprint density at radius 1 is 0.362 bits per heavy atom. The van der Waals surface area contributed by atoms with E-state index in [-0.39, 0.29) is 12.5 Å². The highest BCUT2D eigenvalue weighted by Gasteiger charge is 2.18. The molecular weight excluding hydrogens is 843 g/mol. The zero-order valence-electron chi connectivity index (χ0n) is 46.1. The molecule has 0 aromatic carbocycles. The number of nitrogens with one attached hydrogen (secondary N) is 1. The highest BCUT2D eigenvalue weighted by molar-refractivity contribution is 5.76. The molecule has 0 aromatic rings. The Labute approximate surface area is 431 Å². The predicted octanol–water partition coefficient (Wildman–Crippen LogP) is 20.3. The van der Waals surface area contributed by atoms with Crippen LogP contribution in [-0.2, 0) is 4.79 Å². The van der Waals surface area contributed by atoms with Crippen molar-refractivity contribution in [3.8, 4) is 0 Å². The molecule has 4 heteroatoms. The van der Waals surface area contributed by atoms with Crippen LogP contribution < -0.4 is 5.32 Å². The number of rotatable bonds is 55. The average Bonchev–Trinajstić information content (AvgIpc) is 3.35. The second-order valence-corrected chi connectivity index (χ2v) is 20.4. The van der Waals surface area contributed by atoms with Crippen LogP contribution in [0.2, 0.25) is 0 Å². The molecule has 2 unspecified atom stereocenters. The van der Waals surface area contributed by atoms with Gasteiger partial charge in [0, 0.05) is 6.42 Å². The van der Waals surface area contributed by atoms with E-state index in [9.17, 15) is 15.0 Å². The van der Waals surface area contributed by atoms with E-state index in [0.717, 1.165) is 64.2 Å². The maximum absolute atomic E-state index is 12.5. The lowest BCUT2D eigenvalue weighted by Gasteiger charge is -2.19. The summed E-state index contributed by atoms with van der Waals surface area (Å²) in [5.74, 6) is -0.0762. The Hall–Kier alpha value is -2.43. The van der Waals surface area contributed by atoms with Crippen molar-refractivity contribution in [2.24, 2.45) is 0 Å². The zero-order valence-corrected chi connectivity index (χ0v) is 46.1. The lowest BCUT2D eigenvalue weighted by molar-refractivity contribution is -0.123. The van der Waals surface area contributed by atoms with Crippen molar-refractivity contribution in [2.45, 2.75) is 315 Å². The molecule has 0 aliphatic rings. The third-order valence-electron chi connectivity index (χ3n) is 13.6. The molecule has 0 radical (unpaired) electrons. The molecule has 0 fully saturated rings. The van der Waals surface area contributed by atoms with E-state index >= 15 is 0 Å². The van der Waals surface area contributed by atoms with Crippen molar-refractivity contribution < 1.29 is 15.0 Å². The Balaban J connectivity index is 3.53. The van der Waals surface area contributed by atoms with E-state index in [0.29, 0.717) is 6.42 Å². The number of allylic oxidation sites excluding steroid dienone is 13. The van der Waals surface area contributed by atoms with E-state index < -0.39 is 12.1 Å². The van der Waals surface area contributed by atoms with E-state index in [1.807, 2.05) is 6.08 Å². The number of aliphatic hydroxyl groups excluding tert-OH is 2. The number of hydrogen-bond donors (Lipinski definition) is 3. The van der Waals surface area contributed by atoms with Gasteiger partial charge in [-0.1, -0.05) is 298 Å². The number of amides is 1. The molecule has 400 valence electrons. The van der Waals surface area contributed by atoms with Gasteiger partial charge >= 0.3 is 0 Å². The smallest absolute Gasteiger partial charge is 0.220 e. The first kappa shape index (κ1) is 66.6. The summed E-state index contributed by atoms with van der Waals surface area (Å²) >= 11 is 0. The summed E-state index contributed by atoms with van der Waals surface area (Å²) in [5, 5.41) is 23.2. The molecule has 0 rings (SSSR count). The number of unbranched alkanes of at least 4 members (excludes halogenated alkanes) is 36. The van der Waals surface area contributed by atoms with Gasteiger partial charge in [0.15, 0.2) is 0 Å². The minimum absolute atomic E-state index is 0.0762. The van der Waals surface area contributed by atoms with Gasteiger partial charge in [-0.15, -0.1) is 0 Å². The van der Waals surface area contributed by atoms with Crippen LogP contribution in [0.5, 0.6) is 0 Å². The first-order valence-electron chi connectivity index (χ1n) is 30.3. The fraction of sp³-hybridized carbons (Fsp3) is 0.769. The van der Waals surface area contributed by atoms with Gasteiger partial charge < -0.3 is 15.5 Å². The normalized spacial score (nSPS) is 13.4.